The molecule has 262 valence electrons. The molecule has 2 aliphatic heterocycles. The van der Waals surface area contributed by atoms with Gasteiger partial charge in [0.25, 0.3) is 0 Å². The number of rotatable bonds is 25. The van der Waals surface area contributed by atoms with E-state index in [0.29, 0.717) is 32.4 Å². The lowest BCUT2D eigenvalue weighted by Gasteiger charge is -2.34. The molecular formula is C37H69N3O5. The van der Waals surface area contributed by atoms with Gasteiger partial charge < -0.3 is 19.1 Å². The fraction of sp³-hybridized carbons (Fsp3) is 0.892. The van der Waals surface area contributed by atoms with Crippen LogP contribution in [0.5, 0.6) is 0 Å². The second kappa shape index (κ2) is 25.4. The van der Waals surface area contributed by atoms with Crippen LogP contribution in [0.4, 0.5) is 0 Å². The maximum atomic E-state index is 13.3. The first-order valence-electron chi connectivity index (χ1n) is 18.8. The van der Waals surface area contributed by atoms with Gasteiger partial charge in [-0.3, -0.25) is 19.4 Å². The van der Waals surface area contributed by atoms with E-state index in [4.69, 9.17) is 14.2 Å². The molecule has 0 amide bonds. The molecule has 0 spiro atoms. The third-order valence-electron chi connectivity index (χ3n) is 9.26. The van der Waals surface area contributed by atoms with Crippen LogP contribution in [0.1, 0.15) is 136 Å². The van der Waals surface area contributed by atoms with Crippen LogP contribution in [-0.4, -0.2) is 105 Å². The van der Waals surface area contributed by atoms with Gasteiger partial charge >= 0.3 is 11.9 Å². The Morgan fingerprint density at radius 3 is 1.96 bits per heavy atom. The normalized spacial score (nSPS) is 20.0. The molecule has 8 nitrogen and oxygen atoms in total. The summed E-state index contributed by atoms with van der Waals surface area (Å²) in [5.41, 5.74) is 0. The molecule has 8 heteroatoms. The second-order valence-electron chi connectivity index (χ2n) is 13.5. The van der Waals surface area contributed by atoms with Gasteiger partial charge in [0.15, 0.2) is 0 Å². The van der Waals surface area contributed by atoms with Crippen LogP contribution in [0.2, 0.25) is 0 Å². The number of likely N-dealkylation sites (N-methyl/N-ethyl adjacent to an activating group) is 1. The molecule has 0 aromatic carbocycles. The Hall–Kier alpha value is -1.64. The number of carbonyl (C=O) groups is 2. The van der Waals surface area contributed by atoms with Gasteiger partial charge in [0.05, 0.1) is 32.8 Å². The minimum atomic E-state index is -0.288. The quantitative estimate of drug-likeness (QED) is 0.0586. The fourth-order valence-corrected chi connectivity index (χ4v) is 6.63. The van der Waals surface area contributed by atoms with Gasteiger partial charge in [-0.25, -0.2) is 0 Å². The van der Waals surface area contributed by atoms with E-state index < -0.39 is 0 Å². The Bertz CT molecular complexity index is 807. The maximum Gasteiger partial charge on any atom is 0.320 e. The molecule has 2 rings (SSSR count). The fourth-order valence-electron chi connectivity index (χ4n) is 6.63. The van der Waals surface area contributed by atoms with E-state index >= 15 is 0 Å². The molecule has 0 aromatic heterocycles. The van der Waals surface area contributed by atoms with E-state index in [1.807, 2.05) is 4.90 Å². The number of hydrogen-bond acceptors (Lipinski definition) is 8. The van der Waals surface area contributed by atoms with Gasteiger partial charge in [-0.05, 0) is 64.7 Å². The first-order chi connectivity index (χ1) is 22.0. The lowest BCUT2D eigenvalue weighted by molar-refractivity contribution is -0.150. The van der Waals surface area contributed by atoms with Crippen LogP contribution >= 0.6 is 0 Å². The number of nitrogens with zero attached hydrogens (tertiary/aromatic N) is 3. The molecule has 2 aliphatic rings. The average Bonchev–Trinajstić information content (AvgIpc) is 3.31. The van der Waals surface area contributed by atoms with E-state index in [-0.39, 0.29) is 31.1 Å². The van der Waals surface area contributed by atoms with Crippen LogP contribution in [0, 0.1) is 0 Å². The summed E-state index contributed by atoms with van der Waals surface area (Å²) in [6.07, 6.45) is 22.9. The predicted molar refractivity (Wildman–Crippen MR) is 184 cm³/mol. The van der Waals surface area contributed by atoms with Crippen LogP contribution < -0.4 is 0 Å². The SMILES string of the molecule is CC/C=C(/CN(CC(=O)OCCCCCCCC)CC(=O)OCC1CCCCCN1C1CCN(C)C1)OCCCCCCCC. The number of unbranched alkanes of at least 4 members (excludes halogenated alkanes) is 10. The molecule has 2 atom stereocenters. The molecule has 2 saturated heterocycles. The highest BCUT2D eigenvalue weighted by Gasteiger charge is 2.32. The number of likely N-dealkylation sites (tertiary alicyclic amines) is 2. The van der Waals surface area contributed by atoms with Crippen molar-refractivity contribution >= 4 is 11.9 Å². The van der Waals surface area contributed by atoms with E-state index in [0.717, 1.165) is 63.9 Å². The van der Waals surface area contributed by atoms with Crippen LogP contribution in [-0.2, 0) is 23.8 Å². The van der Waals surface area contributed by atoms with Crippen molar-refractivity contribution in [2.24, 2.45) is 0 Å². The van der Waals surface area contributed by atoms with E-state index in [2.05, 4.69) is 43.7 Å². The molecule has 2 unspecified atom stereocenters. The second-order valence-corrected chi connectivity index (χ2v) is 13.5. The summed E-state index contributed by atoms with van der Waals surface area (Å²) in [7, 11) is 2.19. The number of ether oxygens (including phenoxy) is 3. The van der Waals surface area contributed by atoms with Gasteiger partial charge in [-0.1, -0.05) is 97.8 Å². The first-order valence-corrected chi connectivity index (χ1v) is 18.8. The number of allylic oxidation sites excluding steroid dienone is 1. The first kappa shape index (κ1) is 39.5. The van der Waals surface area contributed by atoms with Crippen molar-refractivity contribution in [3.8, 4) is 0 Å². The van der Waals surface area contributed by atoms with E-state index in [9.17, 15) is 9.59 Å². The lowest BCUT2D eigenvalue weighted by atomic mass is 10.1. The number of carbonyl (C=O) groups excluding carboxylic acids is 2. The predicted octanol–water partition coefficient (Wildman–Crippen LogP) is 7.36. The van der Waals surface area contributed by atoms with Crippen molar-refractivity contribution in [1.29, 1.82) is 0 Å². The van der Waals surface area contributed by atoms with Gasteiger partial charge in [-0.2, -0.15) is 0 Å². The van der Waals surface area contributed by atoms with Gasteiger partial charge in [-0.15, -0.1) is 0 Å². The molecule has 0 radical (unpaired) electrons. The van der Waals surface area contributed by atoms with Crippen molar-refractivity contribution in [2.75, 3.05) is 66.1 Å². The van der Waals surface area contributed by atoms with Gasteiger partial charge in [0.1, 0.15) is 12.4 Å². The molecule has 0 aliphatic carbocycles. The van der Waals surface area contributed by atoms with Crippen molar-refractivity contribution < 1.29 is 23.8 Å². The molecular weight excluding hydrogens is 566 g/mol. The van der Waals surface area contributed by atoms with Crippen LogP contribution in [0.25, 0.3) is 0 Å². The highest BCUT2D eigenvalue weighted by Crippen LogP contribution is 2.24. The Morgan fingerprint density at radius 1 is 0.711 bits per heavy atom. The third-order valence-corrected chi connectivity index (χ3v) is 9.26. The lowest BCUT2D eigenvalue weighted by Crippen LogP contribution is -2.47. The molecule has 45 heavy (non-hydrogen) atoms. The Morgan fingerprint density at radius 2 is 1.33 bits per heavy atom. The summed E-state index contributed by atoms with van der Waals surface area (Å²) in [5, 5.41) is 0. The number of esters is 2. The van der Waals surface area contributed by atoms with Crippen molar-refractivity contribution in [1.82, 2.24) is 14.7 Å². The summed E-state index contributed by atoms with van der Waals surface area (Å²) in [6.45, 7) is 11.8. The summed E-state index contributed by atoms with van der Waals surface area (Å²) in [5.74, 6) is 0.254. The summed E-state index contributed by atoms with van der Waals surface area (Å²) in [6, 6.07) is 0.806. The third kappa shape index (κ3) is 18.3. The zero-order valence-electron chi connectivity index (χ0n) is 29.7. The van der Waals surface area contributed by atoms with E-state index in [1.165, 1.54) is 77.0 Å². The van der Waals surface area contributed by atoms with Crippen LogP contribution in [0.15, 0.2) is 11.8 Å². The van der Waals surface area contributed by atoms with E-state index in [1.54, 1.807) is 0 Å². The highest BCUT2D eigenvalue weighted by molar-refractivity contribution is 5.75. The molecule has 0 N–H and O–H groups in total. The summed E-state index contributed by atoms with van der Waals surface area (Å²) in [4.78, 5) is 33.0. The Labute approximate surface area is 276 Å². The minimum absolute atomic E-state index is 0.0481. The molecule has 2 heterocycles. The monoisotopic (exact) mass is 636 g/mol. The molecule has 2 fully saturated rings. The average molecular weight is 636 g/mol. The molecule has 0 saturated carbocycles. The Kier molecular flexibility index (Phi) is 22.4. The topological polar surface area (TPSA) is 71.6 Å². The zero-order valence-corrected chi connectivity index (χ0v) is 29.7. The van der Waals surface area contributed by atoms with Gasteiger partial charge in [0.2, 0.25) is 0 Å². The largest absolute Gasteiger partial charge is 0.497 e. The van der Waals surface area contributed by atoms with Crippen molar-refractivity contribution in [2.45, 2.75) is 148 Å². The highest BCUT2D eigenvalue weighted by atomic mass is 16.5. The van der Waals surface area contributed by atoms with Gasteiger partial charge in [0, 0.05) is 18.6 Å². The van der Waals surface area contributed by atoms with Crippen molar-refractivity contribution in [3.63, 3.8) is 0 Å². The zero-order chi connectivity index (χ0) is 32.5. The smallest absolute Gasteiger partial charge is 0.320 e. The molecule has 0 bridgehead atoms. The summed E-state index contributed by atoms with van der Waals surface area (Å²) < 4.78 is 17.7. The number of hydrogen-bond donors (Lipinski definition) is 0. The van der Waals surface area contributed by atoms with Crippen LogP contribution in [0.3, 0.4) is 0 Å². The van der Waals surface area contributed by atoms with Crippen molar-refractivity contribution in [3.05, 3.63) is 11.8 Å². The Balaban J connectivity index is 1.92. The maximum absolute atomic E-state index is 13.3. The standard InChI is InChI=1S/C37H69N3O5/c1-5-8-10-12-14-19-26-43-35(21-7-3)29-39(30-36(41)44-27-20-15-13-11-9-6-2)31-37(42)45-32-34-22-17-16-18-24-40(34)33-23-25-38(4)28-33/h21,33-34H,5-20,22-32H2,1-4H3/b35-21-. The minimum Gasteiger partial charge on any atom is -0.497 e. The molecule has 0 aromatic rings. The summed E-state index contributed by atoms with van der Waals surface area (Å²) >= 11 is 0.